The van der Waals surface area contributed by atoms with Crippen molar-refractivity contribution in [2.75, 3.05) is 45.8 Å². The Bertz CT molecular complexity index is 335. The Kier molecular flexibility index (Phi) is 5.79. The molecular weight excluding hydrogens is 258 g/mol. The molecule has 0 aromatic rings. The van der Waals surface area contributed by atoms with E-state index in [9.17, 15) is 9.59 Å². The second-order valence-electron chi connectivity index (χ2n) is 5.72. The minimum atomic E-state index is -0.735. The van der Waals surface area contributed by atoms with Gasteiger partial charge < -0.3 is 20.2 Å². The second kappa shape index (κ2) is 7.59. The van der Waals surface area contributed by atoms with Crippen LogP contribution >= 0.6 is 0 Å². The van der Waals surface area contributed by atoms with Crippen molar-refractivity contribution in [2.24, 2.45) is 5.92 Å². The predicted molar refractivity (Wildman–Crippen MR) is 75.5 cm³/mol. The summed E-state index contributed by atoms with van der Waals surface area (Å²) in [6, 6.07) is 0. The van der Waals surface area contributed by atoms with E-state index in [4.69, 9.17) is 5.11 Å². The summed E-state index contributed by atoms with van der Waals surface area (Å²) in [5.74, 6) is -0.918. The van der Waals surface area contributed by atoms with Crippen LogP contribution in [0.2, 0.25) is 0 Å². The second-order valence-corrected chi connectivity index (χ2v) is 5.72. The van der Waals surface area contributed by atoms with Crippen molar-refractivity contribution >= 4 is 11.9 Å². The molecular formula is C14H25N3O3. The van der Waals surface area contributed by atoms with Gasteiger partial charge in [-0.3, -0.25) is 9.59 Å². The molecule has 2 aliphatic heterocycles. The molecule has 0 aromatic heterocycles. The summed E-state index contributed by atoms with van der Waals surface area (Å²) in [6.07, 6.45) is 3.73. The van der Waals surface area contributed by atoms with Gasteiger partial charge in [-0.2, -0.15) is 0 Å². The molecule has 0 aliphatic carbocycles. The van der Waals surface area contributed by atoms with Crippen LogP contribution in [0.25, 0.3) is 0 Å². The van der Waals surface area contributed by atoms with Crippen LogP contribution < -0.4 is 5.32 Å². The molecule has 2 N–H and O–H groups in total. The van der Waals surface area contributed by atoms with Gasteiger partial charge >= 0.3 is 5.97 Å². The number of nitrogens with one attached hydrogen (secondary N) is 1. The molecule has 2 saturated heterocycles. The molecule has 0 spiro atoms. The average molecular weight is 283 g/mol. The van der Waals surface area contributed by atoms with E-state index in [1.807, 2.05) is 0 Å². The van der Waals surface area contributed by atoms with Gasteiger partial charge in [0.15, 0.2) is 0 Å². The molecule has 6 nitrogen and oxygen atoms in total. The van der Waals surface area contributed by atoms with E-state index in [2.05, 4.69) is 10.2 Å². The average Bonchev–Trinajstić information content (AvgIpc) is 2.96. The van der Waals surface area contributed by atoms with Gasteiger partial charge in [-0.15, -0.1) is 0 Å². The van der Waals surface area contributed by atoms with E-state index in [0.29, 0.717) is 32.5 Å². The third-order valence-corrected chi connectivity index (χ3v) is 4.28. The summed E-state index contributed by atoms with van der Waals surface area (Å²) in [5.41, 5.74) is 0. The van der Waals surface area contributed by atoms with Gasteiger partial charge in [0, 0.05) is 26.2 Å². The van der Waals surface area contributed by atoms with E-state index in [1.165, 1.54) is 25.9 Å². The Morgan fingerprint density at radius 3 is 2.35 bits per heavy atom. The summed E-state index contributed by atoms with van der Waals surface area (Å²) in [5, 5.41) is 12.1. The number of carbonyl (C=O) groups is 2. The molecule has 0 bridgehead atoms. The molecule has 0 radical (unpaired) electrons. The normalized spacial score (nSPS) is 21.3. The maximum Gasteiger partial charge on any atom is 0.306 e. The van der Waals surface area contributed by atoms with Crippen LogP contribution in [0.3, 0.4) is 0 Å². The van der Waals surface area contributed by atoms with E-state index in [-0.39, 0.29) is 11.8 Å². The van der Waals surface area contributed by atoms with E-state index < -0.39 is 5.97 Å². The first-order valence-electron chi connectivity index (χ1n) is 7.60. The Labute approximate surface area is 120 Å². The number of hydrogen-bond donors (Lipinski definition) is 2. The molecule has 20 heavy (non-hydrogen) atoms. The lowest BCUT2D eigenvalue weighted by Gasteiger charge is -2.30. The van der Waals surface area contributed by atoms with Crippen LogP contribution in [0.1, 0.15) is 25.7 Å². The largest absolute Gasteiger partial charge is 0.481 e. The van der Waals surface area contributed by atoms with Gasteiger partial charge in [0.2, 0.25) is 5.91 Å². The third-order valence-electron chi connectivity index (χ3n) is 4.28. The van der Waals surface area contributed by atoms with Gasteiger partial charge in [0.25, 0.3) is 0 Å². The van der Waals surface area contributed by atoms with E-state index >= 15 is 0 Å². The summed E-state index contributed by atoms with van der Waals surface area (Å²) in [6.45, 7) is 5.72. The van der Waals surface area contributed by atoms with E-state index in [1.54, 1.807) is 4.90 Å². The maximum absolute atomic E-state index is 12.0. The van der Waals surface area contributed by atoms with Crippen LogP contribution in [0.15, 0.2) is 0 Å². The Balaban J connectivity index is 1.57. The summed E-state index contributed by atoms with van der Waals surface area (Å²) in [4.78, 5) is 27.0. The quantitative estimate of drug-likeness (QED) is 0.671. The molecule has 0 saturated carbocycles. The molecule has 2 heterocycles. The first kappa shape index (κ1) is 15.3. The number of carboxylic acid groups (broad SMARTS) is 1. The lowest BCUT2D eigenvalue weighted by molar-refractivity contribution is -0.145. The molecule has 2 fully saturated rings. The van der Waals surface area contributed by atoms with Gasteiger partial charge in [0.1, 0.15) is 0 Å². The fourth-order valence-electron chi connectivity index (χ4n) is 2.93. The predicted octanol–water partition coefficient (Wildman–Crippen LogP) is -0.00500. The molecule has 0 atom stereocenters. The van der Waals surface area contributed by atoms with Crippen molar-refractivity contribution in [3.63, 3.8) is 0 Å². The van der Waals surface area contributed by atoms with Crippen molar-refractivity contribution in [1.82, 2.24) is 15.1 Å². The Hall–Kier alpha value is -1.14. The zero-order valence-corrected chi connectivity index (χ0v) is 12.0. The molecule has 2 aliphatic rings. The van der Waals surface area contributed by atoms with Gasteiger partial charge in [-0.1, -0.05) is 0 Å². The molecule has 6 heteroatoms. The van der Waals surface area contributed by atoms with Crippen LogP contribution in [-0.4, -0.2) is 72.6 Å². The highest BCUT2D eigenvalue weighted by atomic mass is 16.4. The first-order chi connectivity index (χ1) is 9.66. The zero-order chi connectivity index (χ0) is 14.4. The number of amides is 1. The van der Waals surface area contributed by atoms with Crippen LogP contribution in [0, 0.1) is 5.92 Å². The standard InChI is InChI=1S/C14H25N3O3/c18-13(11-15-5-10-16-6-1-2-7-16)17-8-3-12(4-9-17)14(19)20/h12,15H,1-11H2,(H,19,20). The van der Waals surface area contributed by atoms with Crippen molar-refractivity contribution in [1.29, 1.82) is 0 Å². The number of likely N-dealkylation sites (tertiary alicyclic amines) is 2. The Morgan fingerprint density at radius 2 is 1.75 bits per heavy atom. The molecule has 114 valence electrons. The fourth-order valence-corrected chi connectivity index (χ4v) is 2.93. The van der Waals surface area contributed by atoms with Crippen molar-refractivity contribution in [2.45, 2.75) is 25.7 Å². The molecule has 2 rings (SSSR count). The van der Waals surface area contributed by atoms with E-state index in [0.717, 1.165) is 13.1 Å². The molecule has 0 unspecified atom stereocenters. The van der Waals surface area contributed by atoms with Crippen LogP contribution in [0.5, 0.6) is 0 Å². The van der Waals surface area contributed by atoms with Crippen molar-refractivity contribution in [3.05, 3.63) is 0 Å². The first-order valence-corrected chi connectivity index (χ1v) is 7.60. The highest BCUT2D eigenvalue weighted by Crippen LogP contribution is 2.17. The third kappa shape index (κ3) is 4.45. The van der Waals surface area contributed by atoms with Crippen molar-refractivity contribution in [3.8, 4) is 0 Å². The van der Waals surface area contributed by atoms with Gasteiger partial charge in [0.05, 0.1) is 12.5 Å². The lowest BCUT2D eigenvalue weighted by atomic mass is 9.97. The number of piperidine rings is 1. The Morgan fingerprint density at radius 1 is 1.10 bits per heavy atom. The van der Waals surface area contributed by atoms with Crippen molar-refractivity contribution < 1.29 is 14.7 Å². The number of aliphatic carboxylic acids is 1. The molecule has 0 aromatic carbocycles. The SMILES string of the molecule is O=C(O)C1CCN(C(=O)CNCCN2CCCC2)CC1. The number of hydrogen-bond acceptors (Lipinski definition) is 4. The fraction of sp³-hybridized carbons (Fsp3) is 0.857. The highest BCUT2D eigenvalue weighted by Gasteiger charge is 2.26. The zero-order valence-electron chi connectivity index (χ0n) is 12.0. The monoisotopic (exact) mass is 283 g/mol. The summed E-state index contributed by atoms with van der Waals surface area (Å²) in [7, 11) is 0. The van der Waals surface area contributed by atoms with Gasteiger partial charge in [-0.25, -0.2) is 0 Å². The molecule has 1 amide bonds. The van der Waals surface area contributed by atoms with Crippen LogP contribution in [0.4, 0.5) is 0 Å². The number of carbonyl (C=O) groups excluding carboxylic acids is 1. The number of rotatable bonds is 6. The number of carboxylic acids is 1. The summed E-state index contributed by atoms with van der Waals surface area (Å²) < 4.78 is 0. The smallest absolute Gasteiger partial charge is 0.306 e. The summed E-state index contributed by atoms with van der Waals surface area (Å²) >= 11 is 0. The highest BCUT2D eigenvalue weighted by molar-refractivity contribution is 5.78. The number of nitrogens with zero attached hydrogens (tertiary/aromatic N) is 2. The van der Waals surface area contributed by atoms with Gasteiger partial charge in [-0.05, 0) is 38.8 Å². The minimum Gasteiger partial charge on any atom is -0.481 e. The lowest BCUT2D eigenvalue weighted by Crippen LogP contribution is -2.44. The van der Waals surface area contributed by atoms with Crippen LogP contribution in [-0.2, 0) is 9.59 Å². The maximum atomic E-state index is 12.0. The minimum absolute atomic E-state index is 0.0928. The topological polar surface area (TPSA) is 72.9 Å².